The zero-order valence-electron chi connectivity index (χ0n) is 16.5. The van der Waals surface area contributed by atoms with Crippen LogP contribution in [-0.2, 0) is 16.0 Å². The molecule has 0 unspecified atom stereocenters. The second kappa shape index (κ2) is 7.22. The molecular weight excluding hydrogens is 344 g/mol. The van der Waals surface area contributed by atoms with Crippen LogP contribution < -0.4 is 14.2 Å². The van der Waals surface area contributed by atoms with Crippen molar-refractivity contribution in [2.45, 2.75) is 59.5 Å². The lowest BCUT2D eigenvalue weighted by Gasteiger charge is -2.34. The molecule has 0 aliphatic carbocycles. The molecule has 1 aliphatic heterocycles. The van der Waals surface area contributed by atoms with Crippen LogP contribution in [0.1, 0.15) is 53.0 Å². The van der Waals surface area contributed by atoms with Gasteiger partial charge >= 0.3 is 11.9 Å². The second-order valence-electron chi connectivity index (χ2n) is 8.04. The van der Waals surface area contributed by atoms with Gasteiger partial charge in [0.25, 0.3) is 0 Å². The first-order chi connectivity index (χ1) is 12.7. The van der Waals surface area contributed by atoms with Crippen LogP contribution in [0, 0.1) is 5.92 Å². The minimum Gasteiger partial charge on any atom is -0.487 e. The summed E-state index contributed by atoms with van der Waals surface area (Å²) < 4.78 is 17.5. The largest absolute Gasteiger partial charge is 0.487 e. The molecular formula is C22H26O5. The molecule has 5 nitrogen and oxygen atoms in total. The minimum atomic E-state index is -0.460. The van der Waals surface area contributed by atoms with Crippen molar-refractivity contribution in [3.05, 3.63) is 29.8 Å². The molecule has 0 spiro atoms. The van der Waals surface area contributed by atoms with Gasteiger partial charge in [-0.25, -0.2) is 0 Å². The highest BCUT2D eigenvalue weighted by Gasteiger charge is 2.33. The van der Waals surface area contributed by atoms with Crippen LogP contribution in [0.5, 0.6) is 17.2 Å². The zero-order valence-corrected chi connectivity index (χ0v) is 16.5. The van der Waals surface area contributed by atoms with Gasteiger partial charge in [-0.1, -0.05) is 38.1 Å². The SMILES string of the molecule is CC(=O)Oc1c2c(c3ccccc3c1OC(=O)CC(C)C)OC(C)(C)CC2. The third kappa shape index (κ3) is 4.07. The highest BCUT2D eigenvalue weighted by atomic mass is 16.6. The third-order valence-corrected chi connectivity index (χ3v) is 4.56. The van der Waals surface area contributed by atoms with Crippen LogP contribution >= 0.6 is 0 Å². The van der Waals surface area contributed by atoms with Crippen LogP contribution in [0.15, 0.2) is 24.3 Å². The van der Waals surface area contributed by atoms with E-state index in [4.69, 9.17) is 14.2 Å². The summed E-state index contributed by atoms with van der Waals surface area (Å²) in [6.07, 6.45) is 1.73. The van der Waals surface area contributed by atoms with E-state index in [1.54, 1.807) is 0 Å². The fraction of sp³-hybridized carbons (Fsp3) is 0.455. The molecule has 2 aromatic rings. The van der Waals surface area contributed by atoms with E-state index in [1.807, 2.05) is 52.0 Å². The van der Waals surface area contributed by atoms with Crippen LogP contribution in [0.4, 0.5) is 0 Å². The first kappa shape index (κ1) is 19.2. The number of rotatable bonds is 4. The molecule has 0 radical (unpaired) electrons. The summed E-state index contributed by atoms with van der Waals surface area (Å²) in [6, 6.07) is 7.57. The molecule has 0 atom stereocenters. The van der Waals surface area contributed by atoms with E-state index in [1.165, 1.54) is 6.92 Å². The molecule has 0 bridgehead atoms. The van der Waals surface area contributed by atoms with Crippen LogP contribution in [-0.4, -0.2) is 17.5 Å². The fourth-order valence-electron chi connectivity index (χ4n) is 3.34. The molecule has 1 aliphatic rings. The summed E-state index contributed by atoms with van der Waals surface area (Å²) >= 11 is 0. The average Bonchev–Trinajstić information content (AvgIpc) is 2.56. The number of carbonyl (C=O) groups excluding carboxylic acids is 2. The number of carbonyl (C=O) groups is 2. The Balaban J connectivity index is 2.23. The molecule has 3 rings (SSSR count). The molecule has 0 saturated carbocycles. The van der Waals surface area contributed by atoms with Gasteiger partial charge in [0.15, 0.2) is 11.5 Å². The number of hydrogen-bond donors (Lipinski definition) is 0. The Labute approximate surface area is 159 Å². The van der Waals surface area contributed by atoms with E-state index in [2.05, 4.69) is 0 Å². The molecule has 5 heteroatoms. The summed E-state index contributed by atoms with van der Waals surface area (Å²) in [6.45, 7) is 9.32. The lowest BCUT2D eigenvalue weighted by molar-refractivity contribution is -0.136. The number of esters is 2. The van der Waals surface area contributed by atoms with Crippen LogP contribution in [0.2, 0.25) is 0 Å². The minimum absolute atomic E-state index is 0.169. The smallest absolute Gasteiger partial charge is 0.311 e. The molecule has 0 aromatic heterocycles. The quantitative estimate of drug-likeness (QED) is 0.570. The van der Waals surface area contributed by atoms with Crippen molar-refractivity contribution in [3.8, 4) is 17.2 Å². The fourth-order valence-corrected chi connectivity index (χ4v) is 3.34. The van der Waals surface area contributed by atoms with Crippen molar-refractivity contribution in [1.82, 2.24) is 0 Å². The Kier molecular flexibility index (Phi) is 5.13. The molecule has 0 fully saturated rings. The van der Waals surface area contributed by atoms with E-state index in [0.29, 0.717) is 29.1 Å². The Hall–Kier alpha value is -2.56. The van der Waals surface area contributed by atoms with E-state index in [9.17, 15) is 9.59 Å². The van der Waals surface area contributed by atoms with Gasteiger partial charge in [-0.3, -0.25) is 9.59 Å². The first-order valence-corrected chi connectivity index (χ1v) is 9.33. The van der Waals surface area contributed by atoms with Gasteiger partial charge in [-0.05, 0) is 32.6 Å². The predicted molar refractivity (Wildman–Crippen MR) is 103 cm³/mol. The maximum atomic E-state index is 12.4. The lowest BCUT2D eigenvalue weighted by Crippen LogP contribution is -2.33. The summed E-state index contributed by atoms with van der Waals surface area (Å²) in [5.41, 5.74) is 0.453. The highest BCUT2D eigenvalue weighted by Crippen LogP contribution is 2.50. The maximum Gasteiger partial charge on any atom is 0.311 e. The molecule has 0 amide bonds. The van der Waals surface area contributed by atoms with Crippen LogP contribution in [0.3, 0.4) is 0 Å². The van der Waals surface area contributed by atoms with Gasteiger partial charge in [0, 0.05) is 29.7 Å². The predicted octanol–water partition coefficient (Wildman–Crippen LogP) is 4.82. The van der Waals surface area contributed by atoms with Gasteiger partial charge in [-0.2, -0.15) is 0 Å². The van der Waals surface area contributed by atoms with Crippen molar-refractivity contribution < 1.29 is 23.8 Å². The molecule has 0 N–H and O–H groups in total. The number of ether oxygens (including phenoxy) is 3. The van der Waals surface area contributed by atoms with Crippen molar-refractivity contribution in [3.63, 3.8) is 0 Å². The van der Waals surface area contributed by atoms with Gasteiger partial charge in [0.1, 0.15) is 11.4 Å². The summed E-state index contributed by atoms with van der Waals surface area (Å²) in [5.74, 6) is 0.654. The number of benzene rings is 2. The van der Waals surface area contributed by atoms with Gasteiger partial charge in [0.05, 0.1) is 0 Å². The Morgan fingerprint density at radius 2 is 1.78 bits per heavy atom. The Bertz CT molecular complexity index is 895. The average molecular weight is 370 g/mol. The molecule has 0 saturated heterocycles. The van der Waals surface area contributed by atoms with E-state index in [-0.39, 0.29) is 23.9 Å². The molecule has 1 heterocycles. The molecule has 144 valence electrons. The topological polar surface area (TPSA) is 61.8 Å². The zero-order chi connectivity index (χ0) is 19.8. The number of hydrogen-bond acceptors (Lipinski definition) is 5. The Morgan fingerprint density at radius 3 is 2.41 bits per heavy atom. The van der Waals surface area contributed by atoms with Crippen molar-refractivity contribution >= 4 is 22.7 Å². The molecule has 27 heavy (non-hydrogen) atoms. The second-order valence-corrected chi connectivity index (χ2v) is 8.04. The highest BCUT2D eigenvalue weighted by molar-refractivity contribution is 5.99. The summed E-state index contributed by atoms with van der Waals surface area (Å²) in [4.78, 5) is 24.2. The van der Waals surface area contributed by atoms with E-state index >= 15 is 0 Å². The maximum absolute atomic E-state index is 12.4. The van der Waals surface area contributed by atoms with Gasteiger partial charge in [-0.15, -0.1) is 0 Å². The van der Waals surface area contributed by atoms with Gasteiger partial charge < -0.3 is 14.2 Å². The molecule has 2 aromatic carbocycles. The van der Waals surface area contributed by atoms with E-state index in [0.717, 1.165) is 17.4 Å². The number of fused-ring (bicyclic) bond motifs is 3. The van der Waals surface area contributed by atoms with E-state index < -0.39 is 5.97 Å². The summed E-state index contributed by atoms with van der Waals surface area (Å²) in [7, 11) is 0. The monoisotopic (exact) mass is 370 g/mol. The van der Waals surface area contributed by atoms with Crippen LogP contribution in [0.25, 0.3) is 10.8 Å². The standard InChI is InChI=1S/C22H26O5/c1-13(2)12-18(24)26-20-16-9-7-6-8-15(16)19-17(21(20)25-14(3)23)10-11-22(4,5)27-19/h6-9,13H,10-12H2,1-5H3. The normalized spacial score (nSPS) is 15.2. The first-order valence-electron chi connectivity index (χ1n) is 9.33. The van der Waals surface area contributed by atoms with Crippen molar-refractivity contribution in [2.75, 3.05) is 0 Å². The van der Waals surface area contributed by atoms with Gasteiger partial charge in [0.2, 0.25) is 0 Å². The summed E-state index contributed by atoms with van der Waals surface area (Å²) in [5, 5.41) is 1.55. The van der Waals surface area contributed by atoms with Crippen molar-refractivity contribution in [2.24, 2.45) is 5.92 Å². The van der Waals surface area contributed by atoms with Crippen molar-refractivity contribution in [1.29, 1.82) is 0 Å². The Morgan fingerprint density at radius 1 is 1.11 bits per heavy atom. The lowest BCUT2D eigenvalue weighted by atomic mass is 9.91. The third-order valence-electron chi connectivity index (χ3n) is 4.56.